The van der Waals surface area contributed by atoms with Gasteiger partial charge in [0.15, 0.2) is 6.10 Å². The van der Waals surface area contributed by atoms with E-state index in [4.69, 9.17) is 14.2 Å². The van der Waals surface area contributed by atoms with E-state index in [0.717, 1.165) is 154 Å². The molecule has 0 aliphatic heterocycles. The van der Waals surface area contributed by atoms with E-state index in [1.165, 1.54) is 96.3 Å². The number of unbranched alkanes of at least 4 members (excludes halogenated alkanes) is 25. The molecule has 0 aromatic heterocycles. The Hall–Kier alpha value is -4.45. The summed E-state index contributed by atoms with van der Waals surface area (Å²) in [6.07, 6.45) is 93.1. The van der Waals surface area contributed by atoms with Crippen LogP contribution in [-0.2, 0) is 28.6 Å². The molecule has 0 saturated heterocycles. The van der Waals surface area contributed by atoms with Crippen LogP contribution in [-0.4, -0.2) is 37.2 Å². The molecule has 0 aromatic carbocycles. The van der Waals surface area contributed by atoms with Crippen LogP contribution in [0.5, 0.6) is 0 Å². The van der Waals surface area contributed by atoms with Crippen LogP contribution >= 0.6 is 0 Å². The van der Waals surface area contributed by atoms with Crippen LogP contribution in [0, 0.1) is 0 Å². The highest BCUT2D eigenvalue weighted by atomic mass is 16.6. The largest absolute Gasteiger partial charge is 0.462 e. The molecule has 448 valence electrons. The van der Waals surface area contributed by atoms with Crippen LogP contribution in [0.2, 0.25) is 0 Å². The second-order valence-corrected chi connectivity index (χ2v) is 21.3. The maximum Gasteiger partial charge on any atom is 0.306 e. The van der Waals surface area contributed by atoms with E-state index < -0.39 is 6.10 Å². The first-order chi connectivity index (χ1) is 39.0. The van der Waals surface area contributed by atoms with Crippen molar-refractivity contribution in [2.45, 2.75) is 297 Å². The smallest absolute Gasteiger partial charge is 0.306 e. The van der Waals surface area contributed by atoms with Gasteiger partial charge in [-0.25, -0.2) is 0 Å². The lowest BCUT2D eigenvalue weighted by atomic mass is 10.0. The number of allylic oxidation sites excluding steroid dienone is 22. The molecule has 1 unspecified atom stereocenters. The van der Waals surface area contributed by atoms with Crippen LogP contribution in [0.1, 0.15) is 290 Å². The van der Waals surface area contributed by atoms with E-state index in [2.05, 4.69) is 154 Å². The molecular weight excluding hydrogens is 973 g/mol. The van der Waals surface area contributed by atoms with Crippen LogP contribution in [0.25, 0.3) is 0 Å². The predicted molar refractivity (Wildman–Crippen MR) is 343 cm³/mol. The van der Waals surface area contributed by atoms with Gasteiger partial charge in [0.25, 0.3) is 0 Å². The van der Waals surface area contributed by atoms with Crippen molar-refractivity contribution >= 4 is 17.9 Å². The Kier molecular flexibility index (Phi) is 62.3. The quantitative estimate of drug-likeness (QED) is 0.0261. The lowest BCUT2D eigenvalue weighted by Crippen LogP contribution is -2.30. The molecule has 0 aliphatic carbocycles. The summed E-state index contributed by atoms with van der Waals surface area (Å²) < 4.78 is 16.9. The summed E-state index contributed by atoms with van der Waals surface area (Å²) in [5.74, 6) is -0.913. The fourth-order valence-corrected chi connectivity index (χ4v) is 8.83. The zero-order chi connectivity index (χ0) is 57.1. The molecule has 0 N–H and O–H groups in total. The molecule has 1 atom stereocenters. The van der Waals surface area contributed by atoms with Crippen molar-refractivity contribution in [2.75, 3.05) is 13.2 Å². The summed E-state index contributed by atoms with van der Waals surface area (Å²) in [4.78, 5) is 38.3. The van der Waals surface area contributed by atoms with Gasteiger partial charge in [-0.2, -0.15) is 0 Å². The summed E-state index contributed by atoms with van der Waals surface area (Å²) in [5, 5.41) is 0. The predicted octanol–water partition coefficient (Wildman–Crippen LogP) is 22.5. The normalized spacial score (nSPS) is 13.0. The Balaban J connectivity index is 4.39. The number of rotatable bonds is 58. The van der Waals surface area contributed by atoms with Gasteiger partial charge in [0, 0.05) is 19.3 Å². The average Bonchev–Trinajstić information content (AvgIpc) is 3.45. The van der Waals surface area contributed by atoms with Gasteiger partial charge >= 0.3 is 17.9 Å². The Morgan fingerprint density at radius 1 is 0.266 bits per heavy atom. The SMILES string of the molecule is CC/C=C\C/C=C\C/C=C\C/C=C\C/C=C\C/C=C\CCCCCCCCCCC(=O)OCC(COC(=O)CCCCCCCCCCCCCCC)OC(=O)CCCCCCC/C=C\C/C=C\C/C=C\C/C=C\C/C=C\CC. The number of carbonyl (C=O) groups is 3. The molecular formula is C73H120O6. The summed E-state index contributed by atoms with van der Waals surface area (Å²) >= 11 is 0. The highest BCUT2D eigenvalue weighted by Gasteiger charge is 2.19. The summed E-state index contributed by atoms with van der Waals surface area (Å²) in [6, 6.07) is 0. The van der Waals surface area contributed by atoms with Gasteiger partial charge < -0.3 is 14.2 Å². The van der Waals surface area contributed by atoms with Gasteiger partial charge in [-0.05, 0) is 116 Å². The van der Waals surface area contributed by atoms with E-state index in [1.807, 2.05) is 0 Å². The Morgan fingerprint density at radius 3 is 0.772 bits per heavy atom. The molecule has 0 spiro atoms. The number of carbonyl (C=O) groups excluding carboxylic acids is 3. The zero-order valence-corrected chi connectivity index (χ0v) is 51.3. The first-order valence-corrected chi connectivity index (χ1v) is 32.7. The second kappa shape index (κ2) is 66.1. The minimum atomic E-state index is -0.796. The lowest BCUT2D eigenvalue weighted by Gasteiger charge is -2.18. The van der Waals surface area contributed by atoms with Crippen molar-refractivity contribution in [3.63, 3.8) is 0 Å². The minimum Gasteiger partial charge on any atom is -0.462 e. The minimum absolute atomic E-state index is 0.0898. The van der Waals surface area contributed by atoms with Gasteiger partial charge in [0.2, 0.25) is 0 Å². The Morgan fingerprint density at radius 2 is 0.494 bits per heavy atom. The summed E-state index contributed by atoms with van der Waals surface area (Å²) in [6.45, 7) is 6.40. The summed E-state index contributed by atoms with van der Waals surface area (Å²) in [7, 11) is 0. The molecule has 79 heavy (non-hydrogen) atoms. The van der Waals surface area contributed by atoms with Crippen LogP contribution in [0.3, 0.4) is 0 Å². The van der Waals surface area contributed by atoms with Crippen molar-refractivity contribution in [3.05, 3.63) is 134 Å². The standard InChI is InChI=1S/C73H120O6/c1-4-7-10-13-16-19-22-25-27-29-31-33-34-35-36-37-38-40-41-43-45-48-51-54-57-60-63-66-72(75)78-69-70(68-77-71(74)65-62-59-56-53-50-47-24-21-18-15-12-9-6-3)79-73(76)67-64-61-58-55-52-49-46-44-42-39-32-30-28-26-23-20-17-14-11-8-5-2/h7-8,10-11,16-17,19-20,25-28,31-33,35-36,38-40,44,46,70H,4-6,9,12-15,18,21-24,29-30,34,37,41-43,45,47-69H2,1-3H3/b10-7-,11-8-,19-16-,20-17-,27-25-,28-26-,33-31-,36-35-,39-32-,40-38-,46-44-. The number of hydrogen-bond donors (Lipinski definition) is 0. The maximum atomic E-state index is 12.9. The second-order valence-electron chi connectivity index (χ2n) is 21.3. The first kappa shape index (κ1) is 74.5. The first-order valence-electron chi connectivity index (χ1n) is 32.7. The Labute approximate surface area is 487 Å². The van der Waals surface area contributed by atoms with Crippen LogP contribution < -0.4 is 0 Å². The third-order valence-corrected chi connectivity index (χ3v) is 13.7. The van der Waals surface area contributed by atoms with Crippen molar-refractivity contribution < 1.29 is 28.6 Å². The van der Waals surface area contributed by atoms with Crippen molar-refractivity contribution in [1.29, 1.82) is 0 Å². The topological polar surface area (TPSA) is 78.9 Å². The fourth-order valence-electron chi connectivity index (χ4n) is 8.83. The van der Waals surface area contributed by atoms with Gasteiger partial charge in [-0.15, -0.1) is 0 Å². The summed E-state index contributed by atoms with van der Waals surface area (Å²) in [5.41, 5.74) is 0. The molecule has 6 nitrogen and oxygen atoms in total. The fraction of sp³-hybridized carbons (Fsp3) is 0.658. The van der Waals surface area contributed by atoms with Crippen LogP contribution in [0.4, 0.5) is 0 Å². The molecule has 0 aromatic rings. The van der Waals surface area contributed by atoms with Crippen molar-refractivity contribution in [2.24, 2.45) is 0 Å². The monoisotopic (exact) mass is 1090 g/mol. The van der Waals surface area contributed by atoms with Crippen molar-refractivity contribution in [1.82, 2.24) is 0 Å². The molecule has 0 bridgehead atoms. The van der Waals surface area contributed by atoms with Crippen LogP contribution in [0.15, 0.2) is 134 Å². The van der Waals surface area contributed by atoms with Gasteiger partial charge in [0.1, 0.15) is 13.2 Å². The third kappa shape index (κ3) is 64.3. The van der Waals surface area contributed by atoms with Gasteiger partial charge in [0.05, 0.1) is 0 Å². The Bertz CT molecular complexity index is 1680. The third-order valence-electron chi connectivity index (χ3n) is 13.7. The molecule has 0 saturated carbocycles. The zero-order valence-electron chi connectivity index (χ0n) is 51.3. The lowest BCUT2D eigenvalue weighted by molar-refractivity contribution is -0.167. The maximum absolute atomic E-state index is 12.9. The number of hydrogen-bond acceptors (Lipinski definition) is 6. The number of ether oxygens (including phenoxy) is 3. The van der Waals surface area contributed by atoms with E-state index in [-0.39, 0.29) is 31.1 Å². The molecule has 0 amide bonds. The van der Waals surface area contributed by atoms with Crippen molar-refractivity contribution in [3.8, 4) is 0 Å². The number of esters is 3. The molecule has 0 aliphatic rings. The van der Waals surface area contributed by atoms with Gasteiger partial charge in [-0.1, -0.05) is 289 Å². The highest BCUT2D eigenvalue weighted by molar-refractivity contribution is 5.71. The molecule has 0 rings (SSSR count). The van der Waals surface area contributed by atoms with Gasteiger partial charge in [-0.3, -0.25) is 14.4 Å². The van der Waals surface area contributed by atoms with E-state index in [1.54, 1.807) is 0 Å². The van der Waals surface area contributed by atoms with E-state index in [9.17, 15) is 14.4 Å². The average molecular weight is 1090 g/mol. The van der Waals surface area contributed by atoms with E-state index in [0.29, 0.717) is 19.3 Å². The molecule has 0 fully saturated rings. The molecule has 0 heterocycles. The van der Waals surface area contributed by atoms with E-state index >= 15 is 0 Å². The molecule has 6 heteroatoms. The molecule has 0 radical (unpaired) electrons. The highest BCUT2D eigenvalue weighted by Crippen LogP contribution is 2.16.